The second kappa shape index (κ2) is 7.61. The van der Waals surface area contributed by atoms with E-state index in [-0.39, 0.29) is 24.7 Å². The lowest BCUT2D eigenvalue weighted by molar-refractivity contribution is -0.154. The van der Waals surface area contributed by atoms with Gasteiger partial charge in [-0.05, 0) is 57.7 Å². The maximum atomic E-state index is 12.4. The summed E-state index contributed by atoms with van der Waals surface area (Å²) in [5, 5.41) is 2.30. The predicted octanol–water partition coefficient (Wildman–Crippen LogP) is 2.24. The molecule has 1 aliphatic heterocycles. The van der Waals surface area contributed by atoms with Crippen molar-refractivity contribution in [1.29, 1.82) is 0 Å². The zero-order valence-corrected chi connectivity index (χ0v) is 16.2. The van der Waals surface area contributed by atoms with Gasteiger partial charge in [0.05, 0.1) is 5.52 Å². The molecule has 1 aromatic heterocycles. The largest absolute Gasteiger partial charge is 0.460 e. The Hall–Kier alpha value is -2.90. The summed E-state index contributed by atoms with van der Waals surface area (Å²) in [5.41, 5.74) is 1.11. The number of hydrogen-bond acceptors (Lipinski definition) is 6. The smallest absolute Gasteiger partial charge is 0.420 e. The molecule has 2 heterocycles. The van der Waals surface area contributed by atoms with Gasteiger partial charge in [0.1, 0.15) is 11.6 Å². The van der Waals surface area contributed by atoms with Crippen molar-refractivity contribution in [1.82, 2.24) is 9.88 Å². The van der Waals surface area contributed by atoms with Crippen molar-refractivity contribution in [3.63, 3.8) is 0 Å². The Morgan fingerprint density at radius 3 is 2.75 bits per heavy atom. The molecule has 1 fully saturated rings. The maximum Gasteiger partial charge on any atom is 0.420 e. The molecule has 0 spiro atoms. The molecule has 1 unspecified atom stereocenters. The number of fused-ring (bicyclic) bond motifs is 1. The van der Waals surface area contributed by atoms with Crippen molar-refractivity contribution in [2.75, 3.05) is 0 Å². The topological polar surface area (TPSA) is 108 Å². The average Bonchev–Trinajstić information content (AvgIpc) is 2.80. The van der Waals surface area contributed by atoms with Crippen LogP contribution in [0.4, 0.5) is 0 Å². The summed E-state index contributed by atoms with van der Waals surface area (Å²) < 4.78 is 11.9. The number of imide groups is 1. The molecule has 1 aromatic carbocycles. The Morgan fingerprint density at radius 2 is 2.04 bits per heavy atom. The van der Waals surface area contributed by atoms with Crippen LogP contribution in [-0.4, -0.2) is 28.0 Å². The van der Waals surface area contributed by atoms with E-state index in [2.05, 4.69) is 5.32 Å². The lowest BCUT2D eigenvalue weighted by Gasteiger charge is -2.19. The van der Waals surface area contributed by atoms with Crippen molar-refractivity contribution in [3.05, 3.63) is 34.3 Å². The summed E-state index contributed by atoms with van der Waals surface area (Å²) in [6.45, 7) is 5.43. The fourth-order valence-electron chi connectivity index (χ4n) is 3.29. The van der Waals surface area contributed by atoms with Crippen LogP contribution in [0.3, 0.4) is 0 Å². The highest BCUT2D eigenvalue weighted by atomic mass is 16.6. The molecule has 2 amide bonds. The fourth-order valence-corrected chi connectivity index (χ4v) is 3.29. The first-order chi connectivity index (χ1) is 13.1. The third-order valence-corrected chi connectivity index (χ3v) is 4.47. The van der Waals surface area contributed by atoms with Gasteiger partial charge in [-0.3, -0.25) is 24.3 Å². The number of benzene rings is 1. The van der Waals surface area contributed by atoms with E-state index in [4.69, 9.17) is 9.15 Å². The van der Waals surface area contributed by atoms with Crippen LogP contribution >= 0.6 is 0 Å². The third-order valence-electron chi connectivity index (χ3n) is 4.47. The highest BCUT2D eigenvalue weighted by Crippen LogP contribution is 2.24. The molecule has 3 rings (SSSR count). The van der Waals surface area contributed by atoms with E-state index in [1.807, 2.05) is 20.8 Å². The summed E-state index contributed by atoms with van der Waals surface area (Å²) in [4.78, 5) is 48.1. The second-order valence-corrected chi connectivity index (χ2v) is 7.95. The highest BCUT2D eigenvalue weighted by molar-refractivity contribution is 5.98. The minimum absolute atomic E-state index is 0.209. The molecule has 8 nitrogen and oxygen atoms in total. The molecular formula is C20H24N2O6. The third kappa shape index (κ3) is 4.49. The van der Waals surface area contributed by atoms with E-state index in [1.54, 1.807) is 18.2 Å². The molecular weight excluding hydrogens is 364 g/mol. The Labute approximate surface area is 161 Å². The number of amides is 2. The van der Waals surface area contributed by atoms with Gasteiger partial charge in [0, 0.05) is 12.8 Å². The van der Waals surface area contributed by atoms with E-state index in [1.165, 1.54) is 4.57 Å². The fraction of sp³-hybridized carbons (Fsp3) is 0.500. The molecule has 0 radical (unpaired) electrons. The summed E-state index contributed by atoms with van der Waals surface area (Å²) in [6.07, 6.45) is 1.79. The van der Waals surface area contributed by atoms with Gasteiger partial charge in [-0.15, -0.1) is 0 Å². The van der Waals surface area contributed by atoms with E-state index in [9.17, 15) is 19.2 Å². The summed E-state index contributed by atoms with van der Waals surface area (Å²) in [7, 11) is 0. The molecule has 2 aromatic rings. The van der Waals surface area contributed by atoms with Gasteiger partial charge < -0.3 is 9.15 Å². The Bertz CT molecular complexity index is 979. The van der Waals surface area contributed by atoms with Crippen molar-refractivity contribution in [2.24, 2.45) is 0 Å². The second-order valence-electron chi connectivity index (χ2n) is 7.95. The van der Waals surface area contributed by atoms with Crippen LogP contribution in [0.2, 0.25) is 0 Å². The monoisotopic (exact) mass is 388 g/mol. The zero-order chi connectivity index (χ0) is 20.5. The number of aromatic nitrogens is 1. The molecule has 0 aliphatic carbocycles. The number of carbonyl (C=O) groups is 3. The molecule has 0 bridgehead atoms. The average molecular weight is 388 g/mol. The van der Waals surface area contributed by atoms with Gasteiger partial charge in [0.2, 0.25) is 11.8 Å². The van der Waals surface area contributed by atoms with Gasteiger partial charge in [0.25, 0.3) is 0 Å². The normalized spacial score (nSPS) is 18.0. The number of nitrogens with zero attached hydrogens (tertiary/aromatic N) is 1. The minimum atomic E-state index is -0.784. The van der Waals surface area contributed by atoms with Gasteiger partial charge in [-0.2, -0.15) is 0 Å². The molecule has 150 valence electrons. The lowest BCUT2D eigenvalue weighted by atomic mass is 10.1. The molecule has 1 saturated heterocycles. The summed E-state index contributed by atoms with van der Waals surface area (Å²) >= 11 is 0. The minimum Gasteiger partial charge on any atom is -0.460 e. The number of carbonyl (C=O) groups excluding carboxylic acids is 3. The number of aryl methyl sites for hydroxylation is 1. The Morgan fingerprint density at radius 1 is 1.29 bits per heavy atom. The van der Waals surface area contributed by atoms with Crippen LogP contribution < -0.4 is 11.1 Å². The van der Waals surface area contributed by atoms with E-state index >= 15 is 0 Å². The van der Waals surface area contributed by atoms with E-state index < -0.39 is 23.3 Å². The molecule has 0 saturated carbocycles. The summed E-state index contributed by atoms with van der Waals surface area (Å²) in [6, 6.07) is 4.40. The number of rotatable bonds is 4. The molecule has 8 heteroatoms. The quantitative estimate of drug-likeness (QED) is 0.636. The van der Waals surface area contributed by atoms with Crippen molar-refractivity contribution < 1.29 is 23.5 Å². The van der Waals surface area contributed by atoms with Crippen LogP contribution in [0.15, 0.2) is 27.4 Å². The van der Waals surface area contributed by atoms with Crippen LogP contribution in [0.1, 0.15) is 58.1 Å². The number of oxazole rings is 1. The van der Waals surface area contributed by atoms with Gasteiger partial charge >= 0.3 is 11.7 Å². The highest BCUT2D eigenvalue weighted by Gasteiger charge is 2.29. The van der Waals surface area contributed by atoms with Crippen molar-refractivity contribution >= 4 is 28.9 Å². The van der Waals surface area contributed by atoms with Crippen LogP contribution in [0, 0.1) is 0 Å². The number of esters is 1. The van der Waals surface area contributed by atoms with E-state index in [0.29, 0.717) is 30.4 Å². The lowest BCUT2D eigenvalue weighted by Crippen LogP contribution is -2.36. The predicted molar refractivity (Wildman–Crippen MR) is 101 cm³/mol. The first-order valence-electron chi connectivity index (χ1n) is 9.33. The number of nitrogens with one attached hydrogen (secondary N) is 1. The number of hydrogen-bond donors (Lipinski definition) is 1. The Balaban J connectivity index is 1.81. The van der Waals surface area contributed by atoms with E-state index in [0.717, 1.165) is 5.56 Å². The van der Waals surface area contributed by atoms with Gasteiger partial charge in [0.15, 0.2) is 5.58 Å². The number of ether oxygens (including phenoxy) is 1. The SMILES string of the molecule is CC(C)(C)OC(=O)CCc1ccc2c(c1)oc(=O)n2C1CCCC(=O)NC1=O. The van der Waals surface area contributed by atoms with Crippen LogP contribution in [-0.2, 0) is 25.5 Å². The first-order valence-corrected chi connectivity index (χ1v) is 9.33. The standard InChI is InChI=1S/C20H24N2O6/c1-20(2,3)28-17(24)10-8-12-7-9-13-15(11-12)27-19(26)22(13)14-5-4-6-16(23)21-18(14)25/h7,9,11,14H,4-6,8,10H2,1-3H3,(H,21,23,25). The van der Waals surface area contributed by atoms with Gasteiger partial charge in [-0.1, -0.05) is 6.07 Å². The molecule has 1 N–H and O–H groups in total. The first kappa shape index (κ1) is 19.9. The van der Waals surface area contributed by atoms with Crippen molar-refractivity contribution in [3.8, 4) is 0 Å². The molecule has 28 heavy (non-hydrogen) atoms. The van der Waals surface area contributed by atoms with Crippen LogP contribution in [0.5, 0.6) is 0 Å². The van der Waals surface area contributed by atoms with Crippen LogP contribution in [0.25, 0.3) is 11.1 Å². The molecule has 1 aliphatic rings. The molecule has 1 atom stereocenters. The maximum absolute atomic E-state index is 12.4. The Kier molecular flexibility index (Phi) is 5.40. The van der Waals surface area contributed by atoms with Gasteiger partial charge in [-0.25, -0.2) is 4.79 Å². The zero-order valence-electron chi connectivity index (χ0n) is 16.2. The van der Waals surface area contributed by atoms with Crippen molar-refractivity contribution in [2.45, 2.75) is 64.5 Å². The summed E-state index contributed by atoms with van der Waals surface area (Å²) in [5.74, 6) is -1.78.